The molecule has 10 N–H and O–H groups in total. The van der Waals surface area contributed by atoms with Crippen molar-refractivity contribution in [2.45, 2.75) is 42.7 Å². The summed E-state index contributed by atoms with van der Waals surface area (Å²) >= 11 is 0. The molecule has 0 unspecified atom stereocenters. The van der Waals surface area contributed by atoms with Gasteiger partial charge in [0.15, 0.2) is 6.29 Å². The molecule has 0 aliphatic carbocycles. The number of hydrogen-bond donors (Lipinski definition) is 10. The van der Waals surface area contributed by atoms with Gasteiger partial charge >= 0.3 is 0 Å². The Labute approximate surface area is 125 Å². The van der Waals surface area contributed by atoms with Gasteiger partial charge in [0.25, 0.3) is 0 Å². The molecule has 0 rings (SSSR count). The first kappa shape index (κ1) is 23.5. The molecular weight excluding hydrogens is 308 g/mol. The molecule has 11 nitrogen and oxygen atoms in total. The summed E-state index contributed by atoms with van der Waals surface area (Å²) in [4.78, 5) is 9.76. The second kappa shape index (κ2) is 12.8. The first-order chi connectivity index (χ1) is 10.2. The minimum atomic E-state index is -1.67. The maximum Gasteiger partial charge on any atom is 0.151 e. The number of rotatable bonds is 9. The lowest BCUT2D eigenvalue weighted by Gasteiger charge is -2.24. The lowest BCUT2D eigenvalue weighted by Crippen LogP contribution is -2.46. The van der Waals surface area contributed by atoms with Crippen LogP contribution >= 0.6 is 0 Å². The predicted molar refractivity (Wildman–Crippen MR) is 69.4 cm³/mol. The molecule has 0 radical (unpaired) electrons. The molecule has 0 aliphatic heterocycles. The van der Waals surface area contributed by atoms with Crippen LogP contribution in [-0.4, -0.2) is 120 Å². The normalized spacial score (nSPS) is 20.6. The molecule has 0 spiro atoms. The van der Waals surface area contributed by atoms with E-state index in [4.69, 9.17) is 51.1 Å². The molecule has 0 bridgehead atoms. The van der Waals surface area contributed by atoms with Gasteiger partial charge in [0.2, 0.25) is 0 Å². The fourth-order valence-corrected chi connectivity index (χ4v) is 1.09. The van der Waals surface area contributed by atoms with Crippen LogP contribution < -0.4 is 0 Å². The number of aliphatic hydroxyl groups is 10. The average Bonchev–Trinajstić information content (AvgIpc) is 2.56. The molecular formula is C11H24O11. The fraction of sp³-hybridized carbons (Fsp3) is 0.909. The van der Waals surface area contributed by atoms with Crippen molar-refractivity contribution in [1.29, 1.82) is 0 Å². The van der Waals surface area contributed by atoms with Crippen molar-refractivity contribution in [2.24, 2.45) is 0 Å². The van der Waals surface area contributed by atoms with E-state index in [1.165, 1.54) is 0 Å². The van der Waals surface area contributed by atoms with Crippen molar-refractivity contribution < 1.29 is 55.9 Å². The molecule has 0 saturated heterocycles. The summed E-state index contributed by atoms with van der Waals surface area (Å²) in [6, 6.07) is 0. The van der Waals surface area contributed by atoms with Gasteiger partial charge in [0.1, 0.15) is 42.7 Å². The molecule has 22 heavy (non-hydrogen) atoms. The van der Waals surface area contributed by atoms with Crippen LogP contribution in [0.15, 0.2) is 0 Å². The Morgan fingerprint density at radius 1 is 0.591 bits per heavy atom. The smallest absolute Gasteiger partial charge is 0.151 e. The van der Waals surface area contributed by atoms with E-state index in [0.29, 0.717) is 0 Å². The Morgan fingerprint density at radius 2 is 0.864 bits per heavy atom. The van der Waals surface area contributed by atoms with E-state index < -0.39 is 62.5 Å². The van der Waals surface area contributed by atoms with Crippen molar-refractivity contribution in [3.05, 3.63) is 0 Å². The van der Waals surface area contributed by atoms with Gasteiger partial charge in [-0.3, -0.25) is 0 Å². The Hall–Kier alpha value is -0.730. The molecule has 134 valence electrons. The third-order valence-electron chi connectivity index (χ3n) is 2.58. The topological polar surface area (TPSA) is 219 Å². The summed E-state index contributed by atoms with van der Waals surface area (Å²) in [7, 11) is 0. The summed E-state index contributed by atoms with van der Waals surface area (Å²) in [5.74, 6) is 0. The van der Waals surface area contributed by atoms with Crippen molar-refractivity contribution in [3.63, 3.8) is 0 Å². The van der Waals surface area contributed by atoms with Crippen LogP contribution in [0, 0.1) is 0 Å². The second-order valence-corrected chi connectivity index (χ2v) is 4.35. The highest BCUT2D eigenvalue weighted by Gasteiger charge is 2.29. The van der Waals surface area contributed by atoms with E-state index in [0.717, 1.165) is 0 Å². The highest BCUT2D eigenvalue weighted by Crippen LogP contribution is 2.04. The zero-order chi connectivity index (χ0) is 17.9. The third-order valence-corrected chi connectivity index (χ3v) is 2.58. The van der Waals surface area contributed by atoms with Gasteiger partial charge in [0, 0.05) is 0 Å². The number of carbonyl (C=O) groups excluding carboxylic acids is 1. The molecule has 0 aromatic heterocycles. The highest BCUT2D eigenvalue weighted by molar-refractivity contribution is 5.56. The molecule has 0 fully saturated rings. The van der Waals surface area contributed by atoms with Gasteiger partial charge in [-0.15, -0.1) is 0 Å². The van der Waals surface area contributed by atoms with Crippen LogP contribution in [0.1, 0.15) is 0 Å². The van der Waals surface area contributed by atoms with Crippen LogP contribution in [0.5, 0.6) is 0 Å². The standard InChI is InChI=1S/C6H14O6.C5H10O5/c7-1-3(9)5(11)6(12)4(10)2-8;6-1-3(8)5(10)4(9)2-7/h3-12H,1-2H2;1,3-5,7-10H,2H2/t3-,4-,5-,6-;3-,4+,5+/m10/s1. The summed E-state index contributed by atoms with van der Waals surface area (Å²) < 4.78 is 0. The van der Waals surface area contributed by atoms with Gasteiger partial charge in [-0.05, 0) is 0 Å². The van der Waals surface area contributed by atoms with Crippen LogP contribution in [0.4, 0.5) is 0 Å². The molecule has 0 aromatic rings. The fourth-order valence-electron chi connectivity index (χ4n) is 1.09. The number of aldehydes is 1. The molecule has 0 aliphatic rings. The first-order valence-corrected chi connectivity index (χ1v) is 6.22. The molecule has 0 aromatic carbocycles. The predicted octanol–water partition coefficient (Wildman–Crippen LogP) is -6.33. The minimum absolute atomic E-state index is 0.0869. The molecule has 11 heteroatoms. The second-order valence-electron chi connectivity index (χ2n) is 4.35. The number of carbonyl (C=O) groups is 1. The number of aliphatic hydroxyl groups excluding tert-OH is 10. The Balaban J connectivity index is 0. The van der Waals surface area contributed by atoms with Gasteiger partial charge in [0.05, 0.1) is 19.8 Å². The first-order valence-electron chi connectivity index (χ1n) is 6.22. The zero-order valence-electron chi connectivity index (χ0n) is 11.6. The lowest BCUT2D eigenvalue weighted by atomic mass is 10.0. The largest absolute Gasteiger partial charge is 0.394 e. The van der Waals surface area contributed by atoms with E-state index in [1.54, 1.807) is 0 Å². The maximum absolute atomic E-state index is 9.76. The molecule has 0 heterocycles. The van der Waals surface area contributed by atoms with Crippen LogP contribution in [0.2, 0.25) is 0 Å². The zero-order valence-corrected chi connectivity index (χ0v) is 11.6. The Morgan fingerprint density at radius 3 is 1.09 bits per heavy atom. The van der Waals surface area contributed by atoms with Gasteiger partial charge in [-0.25, -0.2) is 0 Å². The average molecular weight is 332 g/mol. The number of hydrogen-bond acceptors (Lipinski definition) is 11. The quantitative estimate of drug-likeness (QED) is 0.179. The third kappa shape index (κ3) is 8.65. The highest BCUT2D eigenvalue weighted by atomic mass is 16.4. The molecule has 0 saturated carbocycles. The van der Waals surface area contributed by atoms with Gasteiger partial charge in [-0.1, -0.05) is 0 Å². The van der Waals surface area contributed by atoms with Crippen LogP contribution in [0.25, 0.3) is 0 Å². The minimum Gasteiger partial charge on any atom is -0.394 e. The van der Waals surface area contributed by atoms with E-state index in [1.807, 2.05) is 0 Å². The summed E-state index contributed by atoms with van der Waals surface area (Å²) in [5, 5.41) is 86.2. The van der Waals surface area contributed by atoms with E-state index >= 15 is 0 Å². The summed E-state index contributed by atoms with van der Waals surface area (Å²) in [5.41, 5.74) is 0. The SMILES string of the molecule is O=C[C@H](O)[C@@H](O)[C@H](O)CO.OC[C@@H](O)[C@@H](O)[C@H](O)[C@H](O)CO. The molecule has 0 amide bonds. The van der Waals surface area contributed by atoms with Crippen molar-refractivity contribution in [1.82, 2.24) is 0 Å². The van der Waals surface area contributed by atoms with Crippen LogP contribution in [-0.2, 0) is 4.79 Å². The van der Waals surface area contributed by atoms with E-state index in [-0.39, 0.29) is 6.29 Å². The van der Waals surface area contributed by atoms with Crippen molar-refractivity contribution >= 4 is 6.29 Å². The lowest BCUT2D eigenvalue weighted by molar-refractivity contribution is -0.127. The van der Waals surface area contributed by atoms with E-state index in [2.05, 4.69) is 0 Å². The van der Waals surface area contributed by atoms with Gasteiger partial charge < -0.3 is 55.9 Å². The Kier molecular flexibility index (Phi) is 13.7. The summed E-state index contributed by atoms with van der Waals surface area (Å²) in [6.07, 6.45) is -11.0. The Bertz CT molecular complexity index is 263. The van der Waals surface area contributed by atoms with Crippen molar-refractivity contribution in [3.8, 4) is 0 Å². The maximum atomic E-state index is 9.76. The van der Waals surface area contributed by atoms with Crippen molar-refractivity contribution in [2.75, 3.05) is 19.8 Å². The molecule has 7 atom stereocenters. The summed E-state index contributed by atoms with van der Waals surface area (Å²) in [6.45, 7) is -2.14. The van der Waals surface area contributed by atoms with Gasteiger partial charge in [-0.2, -0.15) is 0 Å². The van der Waals surface area contributed by atoms with Crippen LogP contribution in [0.3, 0.4) is 0 Å². The van der Waals surface area contributed by atoms with E-state index in [9.17, 15) is 4.79 Å². The monoisotopic (exact) mass is 332 g/mol.